The number of halogens is 1. The second kappa shape index (κ2) is 6.69. The fourth-order valence-electron chi connectivity index (χ4n) is 2.65. The molecule has 1 aliphatic heterocycles. The summed E-state index contributed by atoms with van der Waals surface area (Å²) in [5.41, 5.74) is 1.81. The molecule has 2 aromatic carbocycles. The van der Waals surface area contributed by atoms with Crippen molar-refractivity contribution in [3.05, 3.63) is 71.0 Å². The molecular formula is C19H16FN3OS. The van der Waals surface area contributed by atoms with E-state index in [2.05, 4.69) is 16.4 Å². The summed E-state index contributed by atoms with van der Waals surface area (Å²) in [4.78, 5) is 17.0. The first-order chi connectivity index (χ1) is 11.9. The molecule has 1 fully saturated rings. The molecule has 2 atom stereocenters. The Morgan fingerprint density at radius 1 is 1.24 bits per heavy atom. The molecule has 3 rings (SSSR count). The Morgan fingerprint density at radius 3 is 2.56 bits per heavy atom. The summed E-state index contributed by atoms with van der Waals surface area (Å²) in [6, 6.07) is 15.0. The van der Waals surface area contributed by atoms with Crippen molar-refractivity contribution in [3.8, 4) is 6.07 Å². The highest BCUT2D eigenvalue weighted by Gasteiger charge is 2.44. The summed E-state index contributed by atoms with van der Waals surface area (Å²) in [5, 5.41) is 12.1. The van der Waals surface area contributed by atoms with E-state index in [1.165, 1.54) is 17.8 Å². The number of rotatable bonds is 3. The van der Waals surface area contributed by atoms with Crippen molar-refractivity contribution < 1.29 is 9.18 Å². The number of nitrogens with zero attached hydrogens (tertiary/aromatic N) is 2. The van der Waals surface area contributed by atoms with Crippen molar-refractivity contribution in [2.24, 2.45) is 4.99 Å². The van der Waals surface area contributed by atoms with Gasteiger partial charge in [-0.05, 0) is 37.6 Å². The summed E-state index contributed by atoms with van der Waals surface area (Å²) < 4.78 is 13.1. The molecule has 0 radical (unpaired) electrons. The van der Waals surface area contributed by atoms with E-state index in [-0.39, 0.29) is 11.7 Å². The molecule has 4 nitrogen and oxygen atoms in total. The third kappa shape index (κ3) is 3.28. The molecule has 25 heavy (non-hydrogen) atoms. The molecule has 2 aromatic rings. The first kappa shape index (κ1) is 17.2. The molecule has 0 spiro atoms. The molecule has 1 amide bonds. The van der Waals surface area contributed by atoms with E-state index < -0.39 is 10.8 Å². The quantitative estimate of drug-likeness (QED) is 0.910. The van der Waals surface area contributed by atoms with Gasteiger partial charge in [0.2, 0.25) is 5.91 Å². The Morgan fingerprint density at radius 2 is 1.92 bits per heavy atom. The summed E-state index contributed by atoms with van der Waals surface area (Å²) in [5.74, 6) is -0.495. The van der Waals surface area contributed by atoms with Crippen molar-refractivity contribution in [3.63, 3.8) is 0 Å². The highest BCUT2D eigenvalue weighted by molar-refractivity contribution is 8.15. The Hall–Kier alpha value is -2.65. The molecule has 126 valence electrons. The number of hydrogen-bond donors (Lipinski definition) is 1. The van der Waals surface area contributed by atoms with Crippen LogP contribution in [0.4, 0.5) is 4.39 Å². The minimum atomic E-state index is -0.832. The SMILES string of the molecule is C[C@H](N=C1NC(=O)C(C)(c2ccc(C#N)cc2)S1)c1ccccc1F. The average molecular weight is 353 g/mol. The van der Waals surface area contributed by atoms with E-state index in [1.807, 2.05) is 6.92 Å². The van der Waals surface area contributed by atoms with E-state index in [1.54, 1.807) is 49.4 Å². The molecule has 1 unspecified atom stereocenters. The average Bonchev–Trinajstić information content (AvgIpc) is 2.90. The first-order valence-electron chi connectivity index (χ1n) is 7.77. The van der Waals surface area contributed by atoms with Crippen molar-refractivity contribution in [2.75, 3.05) is 0 Å². The van der Waals surface area contributed by atoms with E-state index >= 15 is 0 Å². The van der Waals surface area contributed by atoms with Gasteiger partial charge >= 0.3 is 0 Å². The number of amides is 1. The number of nitrogens with one attached hydrogen (secondary N) is 1. The molecule has 1 heterocycles. The molecule has 0 saturated carbocycles. The van der Waals surface area contributed by atoms with Crippen molar-refractivity contribution in [1.29, 1.82) is 5.26 Å². The fraction of sp³-hybridized carbons (Fsp3) is 0.211. The second-order valence-corrected chi connectivity index (χ2v) is 7.32. The van der Waals surface area contributed by atoms with Gasteiger partial charge < -0.3 is 5.32 Å². The number of amidine groups is 1. The topological polar surface area (TPSA) is 65.2 Å². The van der Waals surface area contributed by atoms with Crippen LogP contribution in [-0.4, -0.2) is 11.1 Å². The maximum Gasteiger partial charge on any atom is 0.246 e. The van der Waals surface area contributed by atoms with Crippen molar-refractivity contribution in [1.82, 2.24) is 5.32 Å². The van der Waals surface area contributed by atoms with Gasteiger partial charge in [0, 0.05) is 5.56 Å². The molecule has 1 aliphatic rings. The van der Waals surface area contributed by atoms with Gasteiger partial charge in [-0.1, -0.05) is 42.1 Å². The summed E-state index contributed by atoms with van der Waals surface area (Å²) >= 11 is 1.30. The van der Waals surface area contributed by atoms with Gasteiger partial charge in [-0.3, -0.25) is 9.79 Å². The zero-order valence-corrected chi connectivity index (χ0v) is 14.6. The summed E-state index contributed by atoms with van der Waals surface area (Å²) in [6.45, 7) is 3.60. The van der Waals surface area contributed by atoms with Gasteiger partial charge in [0.1, 0.15) is 10.6 Å². The lowest BCUT2D eigenvalue weighted by Crippen LogP contribution is -2.31. The van der Waals surface area contributed by atoms with Crippen molar-refractivity contribution in [2.45, 2.75) is 24.6 Å². The Bertz CT molecular complexity index is 888. The monoisotopic (exact) mass is 353 g/mol. The maximum atomic E-state index is 13.9. The van der Waals surface area contributed by atoms with Gasteiger partial charge in [-0.25, -0.2) is 4.39 Å². The minimum absolute atomic E-state index is 0.179. The number of carbonyl (C=O) groups is 1. The molecule has 6 heteroatoms. The number of nitriles is 1. The zero-order valence-electron chi connectivity index (χ0n) is 13.8. The highest BCUT2D eigenvalue weighted by atomic mass is 32.2. The van der Waals surface area contributed by atoms with E-state index in [4.69, 9.17) is 5.26 Å². The number of thioether (sulfide) groups is 1. The number of hydrogen-bond acceptors (Lipinski definition) is 4. The fourth-order valence-corrected chi connectivity index (χ4v) is 3.79. The standard InChI is InChI=1S/C19H16FN3OS/c1-12(15-5-3-4-6-16(15)20)22-18-23-17(24)19(2,25-18)14-9-7-13(11-21)8-10-14/h3-10,12H,1-2H3,(H,22,23,24)/t12-,19?/m0/s1. The molecule has 1 N–H and O–H groups in total. The Kier molecular flexibility index (Phi) is 4.60. The third-order valence-corrected chi connectivity index (χ3v) is 5.42. The van der Waals surface area contributed by atoms with Crippen LogP contribution in [0.2, 0.25) is 0 Å². The molecule has 0 aromatic heterocycles. The van der Waals surface area contributed by atoms with E-state index in [0.29, 0.717) is 16.3 Å². The predicted molar refractivity (Wildman–Crippen MR) is 96.5 cm³/mol. The minimum Gasteiger partial charge on any atom is -0.304 e. The molecule has 1 saturated heterocycles. The highest BCUT2D eigenvalue weighted by Crippen LogP contribution is 2.41. The lowest BCUT2D eigenvalue weighted by molar-refractivity contribution is -0.121. The van der Waals surface area contributed by atoms with Gasteiger partial charge in [0.25, 0.3) is 0 Å². The van der Waals surface area contributed by atoms with Crippen LogP contribution in [0.5, 0.6) is 0 Å². The molecular weight excluding hydrogens is 337 g/mol. The largest absolute Gasteiger partial charge is 0.304 e. The van der Waals surface area contributed by atoms with Crippen LogP contribution in [0.15, 0.2) is 53.5 Å². The zero-order chi connectivity index (χ0) is 18.0. The van der Waals surface area contributed by atoms with Crippen LogP contribution < -0.4 is 5.32 Å². The lowest BCUT2D eigenvalue weighted by Gasteiger charge is -2.19. The van der Waals surface area contributed by atoms with E-state index in [0.717, 1.165) is 5.56 Å². The number of carbonyl (C=O) groups excluding carboxylic acids is 1. The maximum absolute atomic E-state index is 13.9. The van der Waals surface area contributed by atoms with Crippen LogP contribution in [0.3, 0.4) is 0 Å². The van der Waals surface area contributed by atoms with Crippen LogP contribution in [-0.2, 0) is 9.54 Å². The Labute approximate surface area is 149 Å². The predicted octanol–water partition coefficient (Wildman–Crippen LogP) is 3.89. The number of aliphatic imine (C=N–C) groups is 1. The van der Waals surface area contributed by atoms with Crippen LogP contribution in [0.1, 0.15) is 36.6 Å². The van der Waals surface area contributed by atoms with Gasteiger partial charge in [0.05, 0.1) is 17.7 Å². The van der Waals surface area contributed by atoms with Gasteiger partial charge in [-0.2, -0.15) is 5.26 Å². The Balaban J connectivity index is 1.86. The first-order valence-corrected chi connectivity index (χ1v) is 8.59. The van der Waals surface area contributed by atoms with Crippen LogP contribution >= 0.6 is 11.8 Å². The second-order valence-electron chi connectivity index (χ2n) is 5.91. The van der Waals surface area contributed by atoms with Crippen molar-refractivity contribution >= 4 is 22.8 Å². The van der Waals surface area contributed by atoms with Gasteiger partial charge in [0.15, 0.2) is 5.17 Å². The normalized spacial score (nSPS) is 22.5. The van der Waals surface area contributed by atoms with Crippen LogP contribution in [0, 0.1) is 17.1 Å². The molecule has 0 bridgehead atoms. The summed E-state index contributed by atoms with van der Waals surface area (Å²) in [7, 11) is 0. The molecule has 0 aliphatic carbocycles. The third-order valence-electron chi connectivity index (χ3n) is 4.19. The van der Waals surface area contributed by atoms with E-state index in [9.17, 15) is 9.18 Å². The van der Waals surface area contributed by atoms with Crippen LogP contribution in [0.25, 0.3) is 0 Å². The number of benzene rings is 2. The van der Waals surface area contributed by atoms with Gasteiger partial charge in [-0.15, -0.1) is 0 Å². The smallest absolute Gasteiger partial charge is 0.246 e. The summed E-state index contributed by atoms with van der Waals surface area (Å²) in [6.07, 6.45) is 0. The lowest BCUT2D eigenvalue weighted by atomic mass is 9.98.